The van der Waals surface area contributed by atoms with E-state index in [1.54, 1.807) is 0 Å². The maximum absolute atomic E-state index is 2.54. The summed E-state index contributed by atoms with van der Waals surface area (Å²) < 4.78 is 0. The fourth-order valence-electron chi connectivity index (χ4n) is 5.23. The topological polar surface area (TPSA) is 6.48 Å². The Labute approximate surface area is 178 Å². The van der Waals surface area contributed by atoms with Crippen LogP contribution in [0.4, 0.5) is 22.7 Å². The molecule has 0 bridgehead atoms. The van der Waals surface area contributed by atoms with Crippen molar-refractivity contribution in [2.24, 2.45) is 0 Å². The summed E-state index contributed by atoms with van der Waals surface area (Å²) in [7, 11) is 0. The predicted molar refractivity (Wildman–Crippen MR) is 126 cm³/mol. The van der Waals surface area contributed by atoms with Crippen LogP contribution in [0.25, 0.3) is 11.1 Å². The standard InChI is InChI=1S/C28H24N2/c1-19-10-6-9-15-25(19)30-20(2)29(23-12-4-3-5-13-23)26-17-16-22-18-21-11-7-8-14-24(21)27(22)28(26)30/h3-17,20H,18H2,1-2H3/t20-/m0/s1. The second-order valence-corrected chi connectivity index (χ2v) is 8.30. The van der Waals surface area contributed by atoms with Gasteiger partial charge in [-0.15, -0.1) is 0 Å². The van der Waals surface area contributed by atoms with Gasteiger partial charge in [0.05, 0.1) is 11.4 Å². The fourth-order valence-corrected chi connectivity index (χ4v) is 5.23. The minimum atomic E-state index is 0.183. The first kappa shape index (κ1) is 17.3. The van der Waals surface area contributed by atoms with Gasteiger partial charge in [0.15, 0.2) is 0 Å². The van der Waals surface area contributed by atoms with Gasteiger partial charge < -0.3 is 9.80 Å². The van der Waals surface area contributed by atoms with Gasteiger partial charge in [0.25, 0.3) is 0 Å². The predicted octanol–water partition coefficient (Wildman–Crippen LogP) is 7.20. The molecule has 0 saturated carbocycles. The molecule has 0 spiro atoms. The van der Waals surface area contributed by atoms with Gasteiger partial charge in [-0.2, -0.15) is 0 Å². The second-order valence-electron chi connectivity index (χ2n) is 8.30. The highest BCUT2D eigenvalue weighted by molar-refractivity contribution is 6.01. The van der Waals surface area contributed by atoms with E-state index in [0.29, 0.717) is 0 Å². The zero-order valence-electron chi connectivity index (χ0n) is 17.3. The van der Waals surface area contributed by atoms with Crippen LogP contribution in [0.2, 0.25) is 0 Å². The van der Waals surface area contributed by atoms with Gasteiger partial charge in [-0.25, -0.2) is 0 Å². The monoisotopic (exact) mass is 388 g/mol. The lowest BCUT2D eigenvalue weighted by Crippen LogP contribution is -2.35. The molecule has 2 aliphatic rings. The van der Waals surface area contributed by atoms with E-state index in [-0.39, 0.29) is 6.17 Å². The van der Waals surface area contributed by atoms with Crippen LogP contribution in [0.1, 0.15) is 23.6 Å². The Hall–Kier alpha value is -3.52. The summed E-state index contributed by atoms with van der Waals surface area (Å²) in [5.74, 6) is 0. The van der Waals surface area contributed by atoms with Crippen molar-refractivity contribution in [2.45, 2.75) is 26.4 Å². The van der Waals surface area contributed by atoms with Gasteiger partial charge in [0.2, 0.25) is 0 Å². The summed E-state index contributed by atoms with van der Waals surface area (Å²) in [6.45, 7) is 4.52. The van der Waals surface area contributed by atoms with E-state index in [1.807, 2.05) is 0 Å². The maximum Gasteiger partial charge on any atom is 0.108 e. The molecule has 1 aliphatic heterocycles. The molecule has 0 unspecified atom stereocenters. The molecule has 6 rings (SSSR count). The summed E-state index contributed by atoms with van der Waals surface area (Å²) in [4.78, 5) is 5.02. The molecular weight excluding hydrogens is 364 g/mol. The second kappa shape index (κ2) is 6.50. The van der Waals surface area contributed by atoms with Crippen LogP contribution < -0.4 is 9.80 Å². The van der Waals surface area contributed by atoms with Crippen molar-refractivity contribution in [3.8, 4) is 11.1 Å². The number of anilines is 4. The summed E-state index contributed by atoms with van der Waals surface area (Å²) in [6, 6.07) is 33.0. The van der Waals surface area contributed by atoms with Gasteiger partial charge in [0.1, 0.15) is 6.17 Å². The smallest absolute Gasteiger partial charge is 0.108 e. The quantitative estimate of drug-likeness (QED) is 0.315. The first-order chi connectivity index (χ1) is 14.7. The van der Waals surface area contributed by atoms with Gasteiger partial charge in [-0.3, -0.25) is 0 Å². The SMILES string of the molecule is Cc1ccccc1N1c2c(ccc3c2-c2ccccc2C3)N(c2ccccc2)[C@@H]1C. The van der Waals surface area contributed by atoms with E-state index in [9.17, 15) is 0 Å². The first-order valence-corrected chi connectivity index (χ1v) is 10.7. The first-order valence-electron chi connectivity index (χ1n) is 10.7. The molecule has 2 nitrogen and oxygen atoms in total. The molecule has 0 N–H and O–H groups in total. The fraction of sp³-hybridized carbons (Fsp3) is 0.143. The Bertz CT molecular complexity index is 1260. The average molecular weight is 389 g/mol. The molecule has 1 aliphatic carbocycles. The zero-order chi connectivity index (χ0) is 20.2. The molecule has 0 fully saturated rings. The number of benzene rings is 4. The van der Waals surface area contributed by atoms with Crippen LogP contribution in [0, 0.1) is 6.92 Å². The minimum Gasteiger partial charge on any atom is -0.319 e. The number of hydrogen-bond acceptors (Lipinski definition) is 2. The van der Waals surface area contributed by atoms with Crippen LogP contribution in [0.3, 0.4) is 0 Å². The minimum absolute atomic E-state index is 0.183. The van der Waals surface area contributed by atoms with Gasteiger partial charge in [0, 0.05) is 16.9 Å². The average Bonchev–Trinajstić information content (AvgIpc) is 3.29. The number of para-hydroxylation sites is 2. The third-order valence-electron chi connectivity index (χ3n) is 6.57. The highest BCUT2D eigenvalue weighted by Gasteiger charge is 2.39. The Balaban J connectivity index is 1.66. The molecule has 1 atom stereocenters. The molecule has 0 saturated heterocycles. The lowest BCUT2D eigenvalue weighted by molar-refractivity contribution is 0.760. The molecule has 4 aromatic rings. The van der Waals surface area contributed by atoms with E-state index >= 15 is 0 Å². The lowest BCUT2D eigenvalue weighted by Gasteiger charge is -2.31. The van der Waals surface area contributed by atoms with E-state index in [1.165, 1.54) is 50.6 Å². The molecule has 30 heavy (non-hydrogen) atoms. The Morgan fingerprint density at radius 2 is 1.40 bits per heavy atom. The molecule has 0 radical (unpaired) electrons. The van der Waals surface area contributed by atoms with Crippen LogP contribution >= 0.6 is 0 Å². The van der Waals surface area contributed by atoms with Crippen molar-refractivity contribution >= 4 is 22.7 Å². The van der Waals surface area contributed by atoms with Crippen molar-refractivity contribution in [1.29, 1.82) is 0 Å². The lowest BCUT2D eigenvalue weighted by atomic mass is 10.0. The zero-order valence-corrected chi connectivity index (χ0v) is 17.3. The number of nitrogens with zero attached hydrogens (tertiary/aromatic N) is 2. The van der Waals surface area contributed by atoms with E-state index in [0.717, 1.165) is 6.42 Å². The van der Waals surface area contributed by atoms with Crippen molar-refractivity contribution in [1.82, 2.24) is 0 Å². The summed E-state index contributed by atoms with van der Waals surface area (Å²) >= 11 is 0. The molecule has 0 amide bonds. The third kappa shape index (κ3) is 2.37. The Kier molecular flexibility index (Phi) is 3.76. The number of hydrogen-bond donors (Lipinski definition) is 0. The molecule has 146 valence electrons. The van der Waals surface area contributed by atoms with Crippen molar-refractivity contribution in [3.05, 3.63) is 108 Å². The Morgan fingerprint density at radius 3 is 2.23 bits per heavy atom. The van der Waals surface area contributed by atoms with E-state index < -0.39 is 0 Å². The maximum atomic E-state index is 2.54. The highest BCUT2D eigenvalue weighted by atomic mass is 15.4. The summed E-state index contributed by atoms with van der Waals surface area (Å²) in [5.41, 5.74) is 12.1. The summed E-state index contributed by atoms with van der Waals surface area (Å²) in [6.07, 6.45) is 1.20. The Morgan fingerprint density at radius 1 is 0.667 bits per heavy atom. The van der Waals surface area contributed by atoms with Crippen molar-refractivity contribution < 1.29 is 0 Å². The molecule has 0 aromatic heterocycles. The van der Waals surface area contributed by atoms with Crippen LogP contribution in [0.15, 0.2) is 91.0 Å². The van der Waals surface area contributed by atoms with E-state index in [2.05, 4.69) is 115 Å². The van der Waals surface area contributed by atoms with Gasteiger partial charge in [-0.1, -0.05) is 66.7 Å². The number of fused-ring (bicyclic) bond motifs is 5. The highest BCUT2D eigenvalue weighted by Crippen LogP contribution is 2.55. The van der Waals surface area contributed by atoms with Crippen LogP contribution in [-0.4, -0.2) is 6.17 Å². The third-order valence-corrected chi connectivity index (χ3v) is 6.57. The largest absolute Gasteiger partial charge is 0.319 e. The molecule has 2 heteroatoms. The van der Waals surface area contributed by atoms with Crippen LogP contribution in [0.5, 0.6) is 0 Å². The van der Waals surface area contributed by atoms with Crippen molar-refractivity contribution in [2.75, 3.05) is 9.80 Å². The number of rotatable bonds is 2. The van der Waals surface area contributed by atoms with Gasteiger partial charge >= 0.3 is 0 Å². The number of aryl methyl sites for hydroxylation is 1. The van der Waals surface area contributed by atoms with Crippen LogP contribution in [-0.2, 0) is 6.42 Å². The molecule has 1 heterocycles. The molecular formula is C28H24N2. The molecule has 4 aromatic carbocycles. The van der Waals surface area contributed by atoms with Gasteiger partial charge in [-0.05, 0) is 66.8 Å². The van der Waals surface area contributed by atoms with Crippen molar-refractivity contribution in [3.63, 3.8) is 0 Å². The van der Waals surface area contributed by atoms with E-state index in [4.69, 9.17) is 0 Å². The summed E-state index contributed by atoms with van der Waals surface area (Å²) in [5, 5.41) is 0. The normalized spacial score (nSPS) is 16.4.